The summed E-state index contributed by atoms with van der Waals surface area (Å²) in [7, 11) is 0. The molecule has 0 bridgehead atoms. The SMILES string of the molecule is CCC(CC(N)=S)N(CC)Cc1ccco1. The highest BCUT2D eigenvalue weighted by molar-refractivity contribution is 7.80. The Balaban J connectivity index is 2.60. The van der Waals surface area contributed by atoms with Gasteiger partial charge < -0.3 is 10.2 Å². The molecule has 0 aromatic carbocycles. The van der Waals surface area contributed by atoms with Crippen LogP contribution in [0.2, 0.25) is 0 Å². The molecule has 90 valence electrons. The summed E-state index contributed by atoms with van der Waals surface area (Å²) in [6, 6.07) is 4.32. The van der Waals surface area contributed by atoms with Gasteiger partial charge in [-0.3, -0.25) is 4.90 Å². The van der Waals surface area contributed by atoms with E-state index in [4.69, 9.17) is 22.4 Å². The van der Waals surface area contributed by atoms with Crippen LogP contribution in [0.1, 0.15) is 32.4 Å². The van der Waals surface area contributed by atoms with Crippen molar-refractivity contribution >= 4 is 17.2 Å². The van der Waals surface area contributed by atoms with Crippen LogP contribution in [0.15, 0.2) is 22.8 Å². The topological polar surface area (TPSA) is 42.4 Å². The van der Waals surface area contributed by atoms with E-state index in [1.54, 1.807) is 6.26 Å². The van der Waals surface area contributed by atoms with Crippen molar-refractivity contribution in [2.24, 2.45) is 5.73 Å². The van der Waals surface area contributed by atoms with E-state index in [2.05, 4.69) is 18.7 Å². The number of rotatable bonds is 7. The summed E-state index contributed by atoms with van der Waals surface area (Å²) < 4.78 is 5.36. The van der Waals surface area contributed by atoms with Crippen LogP contribution in [0, 0.1) is 0 Å². The first kappa shape index (κ1) is 13.2. The Morgan fingerprint density at radius 3 is 2.75 bits per heavy atom. The third-order valence-corrected chi connectivity index (χ3v) is 2.94. The predicted molar refractivity (Wildman–Crippen MR) is 70.3 cm³/mol. The van der Waals surface area contributed by atoms with Crippen molar-refractivity contribution in [2.75, 3.05) is 6.54 Å². The zero-order valence-electron chi connectivity index (χ0n) is 9.98. The molecule has 0 aliphatic rings. The van der Waals surface area contributed by atoms with Gasteiger partial charge in [0.25, 0.3) is 0 Å². The standard InChI is InChI=1S/C12H20N2OS/c1-3-10(8-12(13)16)14(4-2)9-11-6-5-7-15-11/h5-7,10H,3-4,8-9H2,1-2H3,(H2,13,16). The Bertz CT molecular complexity index is 311. The van der Waals surface area contributed by atoms with E-state index in [1.807, 2.05) is 12.1 Å². The van der Waals surface area contributed by atoms with Crippen molar-refractivity contribution in [3.63, 3.8) is 0 Å². The molecular weight excluding hydrogens is 220 g/mol. The fourth-order valence-electron chi connectivity index (χ4n) is 1.87. The van der Waals surface area contributed by atoms with Gasteiger partial charge in [0.15, 0.2) is 0 Å². The highest BCUT2D eigenvalue weighted by Gasteiger charge is 2.17. The van der Waals surface area contributed by atoms with Gasteiger partial charge in [0, 0.05) is 12.5 Å². The quantitative estimate of drug-likeness (QED) is 0.744. The molecule has 1 rings (SSSR count). The minimum Gasteiger partial charge on any atom is -0.468 e. The van der Waals surface area contributed by atoms with E-state index in [0.29, 0.717) is 11.0 Å². The fraction of sp³-hybridized carbons (Fsp3) is 0.583. The maximum Gasteiger partial charge on any atom is 0.117 e. The molecule has 0 aliphatic heterocycles. The van der Waals surface area contributed by atoms with Crippen LogP contribution >= 0.6 is 12.2 Å². The molecule has 1 atom stereocenters. The summed E-state index contributed by atoms with van der Waals surface area (Å²) in [6.45, 7) is 6.10. The highest BCUT2D eigenvalue weighted by atomic mass is 32.1. The van der Waals surface area contributed by atoms with E-state index in [9.17, 15) is 0 Å². The molecule has 2 N–H and O–H groups in total. The summed E-state index contributed by atoms with van der Waals surface area (Å²) >= 11 is 4.98. The lowest BCUT2D eigenvalue weighted by molar-refractivity contribution is 0.182. The van der Waals surface area contributed by atoms with Crippen molar-refractivity contribution in [3.05, 3.63) is 24.2 Å². The number of hydrogen-bond acceptors (Lipinski definition) is 3. The van der Waals surface area contributed by atoms with Crippen LogP contribution in [0.5, 0.6) is 0 Å². The second kappa shape index (κ2) is 6.66. The zero-order valence-corrected chi connectivity index (χ0v) is 10.8. The Morgan fingerprint density at radius 2 is 2.31 bits per heavy atom. The number of nitrogens with zero attached hydrogens (tertiary/aromatic N) is 1. The first-order valence-corrected chi connectivity index (χ1v) is 6.12. The minimum absolute atomic E-state index is 0.410. The van der Waals surface area contributed by atoms with Gasteiger partial charge in [-0.1, -0.05) is 26.1 Å². The average Bonchev–Trinajstić information content (AvgIpc) is 2.75. The molecule has 4 heteroatoms. The smallest absolute Gasteiger partial charge is 0.117 e. The van der Waals surface area contributed by atoms with E-state index in [0.717, 1.165) is 31.7 Å². The van der Waals surface area contributed by atoms with Crippen LogP contribution in [0.3, 0.4) is 0 Å². The molecule has 16 heavy (non-hydrogen) atoms. The van der Waals surface area contributed by atoms with Gasteiger partial charge in [-0.05, 0) is 25.1 Å². The molecule has 0 amide bonds. The van der Waals surface area contributed by atoms with Gasteiger partial charge in [0.05, 0.1) is 17.8 Å². The van der Waals surface area contributed by atoms with Crippen LogP contribution in [0.25, 0.3) is 0 Å². The average molecular weight is 240 g/mol. The number of thiocarbonyl (C=S) groups is 1. The van der Waals surface area contributed by atoms with E-state index in [-0.39, 0.29) is 0 Å². The Morgan fingerprint density at radius 1 is 1.56 bits per heavy atom. The highest BCUT2D eigenvalue weighted by Crippen LogP contribution is 2.13. The molecule has 0 spiro atoms. The largest absolute Gasteiger partial charge is 0.468 e. The van der Waals surface area contributed by atoms with Crippen molar-refractivity contribution in [3.8, 4) is 0 Å². The van der Waals surface area contributed by atoms with E-state index < -0.39 is 0 Å². The summed E-state index contributed by atoms with van der Waals surface area (Å²) in [5.74, 6) is 0.989. The molecule has 1 aromatic heterocycles. The van der Waals surface area contributed by atoms with Gasteiger partial charge >= 0.3 is 0 Å². The lowest BCUT2D eigenvalue weighted by Crippen LogP contribution is -2.36. The maximum absolute atomic E-state index is 5.62. The number of hydrogen-bond donors (Lipinski definition) is 1. The van der Waals surface area contributed by atoms with Crippen molar-refractivity contribution in [2.45, 2.75) is 39.3 Å². The lowest BCUT2D eigenvalue weighted by atomic mass is 10.1. The van der Waals surface area contributed by atoms with Crippen molar-refractivity contribution in [1.29, 1.82) is 0 Å². The molecule has 1 heterocycles. The molecule has 0 saturated carbocycles. The first-order valence-electron chi connectivity index (χ1n) is 5.72. The van der Waals surface area contributed by atoms with Gasteiger partial charge in [0.1, 0.15) is 5.76 Å². The minimum atomic E-state index is 0.410. The van der Waals surface area contributed by atoms with E-state index >= 15 is 0 Å². The second-order valence-corrected chi connectivity index (χ2v) is 4.40. The normalized spacial score (nSPS) is 12.9. The molecule has 0 saturated heterocycles. The Hall–Kier alpha value is -0.870. The zero-order chi connectivity index (χ0) is 12.0. The summed E-state index contributed by atoms with van der Waals surface area (Å²) in [5, 5.41) is 0. The molecule has 0 fully saturated rings. The van der Waals surface area contributed by atoms with Crippen molar-refractivity contribution in [1.82, 2.24) is 4.90 Å². The predicted octanol–water partition coefficient (Wildman–Crippen LogP) is 2.56. The van der Waals surface area contributed by atoms with Gasteiger partial charge in [-0.2, -0.15) is 0 Å². The Kier molecular flexibility index (Phi) is 5.49. The molecule has 3 nitrogen and oxygen atoms in total. The number of nitrogens with two attached hydrogens (primary N) is 1. The van der Waals surface area contributed by atoms with Gasteiger partial charge in [0.2, 0.25) is 0 Å². The van der Waals surface area contributed by atoms with Crippen LogP contribution in [0.4, 0.5) is 0 Å². The molecule has 1 aromatic rings. The lowest BCUT2D eigenvalue weighted by Gasteiger charge is -2.28. The molecule has 0 radical (unpaired) electrons. The van der Waals surface area contributed by atoms with Crippen molar-refractivity contribution < 1.29 is 4.42 Å². The van der Waals surface area contributed by atoms with Gasteiger partial charge in [-0.15, -0.1) is 0 Å². The third-order valence-electron chi connectivity index (χ3n) is 2.77. The maximum atomic E-state index is 5.62. The van der Waals surface area contributed by atoms with Crippen LogP contribution in [-0.2, 0) is 6.54 Å². The summed E-state index contributed by atoms with van der Waals surface area (Å²) in [6.07, 6.45) is 3.53. The summed E-state index contributed by atoms with van der Waals surface area (Å²) in [4.78, 5) is 2.93. The van der Waals surface area contributed by atoms with Crippen LogP contribution in [-0.4, -0.2) is 22.5 Å². The van der Waals surface area contributed by atoms with Crippen LogP contribution < -0.4 is 5.73 Å². The van der Waals surface area contributed by atoms with Gasteiger partial charge in [-0.25, -0.2) is 0 Å². The molecule has 1 unspecified atom stereocenters. The van der Waals surface area contributed by atoms with E-state index in [1.165, 1.54) is 0 Å². The third kappa shape index (κ3) is 3.94. The summed E-state index contributed by atoms with van der Waals surface area (Å²) in [5.41, 5.74) is 5.62. The molecular formula is C12H20N2OS. The first-order chi connectivity index (χ1) is 7.67. The number of furan rings is 1. The Labute approximate surface area is 103 Å². The fourth-order valence-corrected chi connectivity index (χ4v) is 2.06. The second-order valence-electron chi connectivity index (χ2n) is 3.87. The monoisotopic (exact) mass is 240 g/mol. The molecule has 0 aliphatic carbocycles.